The summed E-state index contributed by atoms with van der Waals surface area (Å²) in [6.45, 7) is 10.3. The van der Waals surface area contributed by atoms with Crippen molar-refractivity contribution < 1.29 is 0 Å². The third-order valence-corrected chi connectivity index (χ3v) is 5.96. The maximum Gasteiger partial charge on any atom is 0.0344 e. The van der Waals surface area contributed by atoms with Gasteiger partial charge in [-0.1, -0.05) is 0 Å². The van der Waals surface area contributed by atoms with Gasteiger partial charge in [0, 0.05) is 37.3 Å². The van der Waals surface area contributed by atoms with E-state index in [-0.39, 0.29) is 5.54 Å². The molecule has 2 unspecified atom stereocenters. The van der Waals surface area contributed by atoms with E-state index in [4.69, 9.17) is 5.73 Å². The van der Waals surface area contributed by atoms with E-state index in [1.165, 1.54) is 58.3 Å². The molecule has 0 amide bonds. The fourth-order valence-corrected chi connectivity index (χ4v) is 4.26. The lowest BCUT2D eigenvalue weighted by Gasteiger charge is -2.47. The van der Waals surface area contributed by atoms with E-state index in [0.717, 1.165) is 6.54 Å². The molecule has 0 spiro atoms. The summed E-state index contributed by atoms with van der Waals surface area (Å²) >= 11 is 0. The van der Waals surface area contributed by atoms with Gasteiger partial charge in [-0.25, -0.2) is 0 Å². The molecule has 2 fully saturated rings. The number of likely N-dealkylation sites (tertiary alicyclic amines) is 2. The highest BCUT2D eigenvalue weighted by molar-refractivity contribution is 4.97. The minimum absolute atomic E-state index is 0.215. The van der Waals surface area contributed by atoms with Crippen LogP contribution in [-0.2, 0) is 0 Å². The van der Waals surface area contributed by atoms with E-state index in [9.17, 15) is 0 Å². The largest absolute Gasteiger partial charge is 0.329 e. The number of nitrogens with two attached hydrogens (primary N) is 1. The molecule has 0 radical (unpaired) electrons. The molecule has 0 aromatic carbocycles. The van der Waals surface area contributed by atoms with Gasteiger partial charge in [0.15, 0.2) is 0 Å². The molecule has 0 aliphatic carbocycles. The minimum atomic E-state index is 0.215. The predicted octanol–water partition coefficient (Wildman–Crippen LogP) is 1.60. The number of rotatable bonds is 4. The Morgan fingerprint density at radius 1 is 1.19 bits per heavy atom. The number of piperidine rings is 1. The van der Waals surface area contributed by atoms with Crippen molar-refractivity contribution >= 4 is 0 Å². The summed E-state index contributed by atoms with van der Waals surface area (Å²) in [4.78, 5) is 7.76. The molecular weight excluding hydrogens is 260 g/mol. The molecule has 2 rings (SSSR count). The zero-order valence-corrected chi connectivity index (χ0v) is 14.6. The van der Waals surface area contributed by atoms with Crippen LogP contribution in [0.3, 0.4) is 0 Å². The summed E-state index contributed by atoms with van der Waals surface area (Å²) in [6, 6.07) is 1.34. The summed E-state index contributed by atoms with van der Waals surface area (Å²) in [5.74, 6) is 0. The Morgan fingerprint density at radius 2 is 1.95 bits per heavy atom. The zero-order chi connectivity index (χ0) is 15.5. The topological polar surface area (TPSA) is 35.7 Å². The monoisotopic (exact) mass is 296 g/mol. The zero-order valence-electron chi connectivity index (χ0n) is 14.6. The van der Waals surface area contributed by atoms with Gasteiger partial charge in [0.2, 0.25) is 0 Å². The second kappa shape index (κ2) is 7.40. The number of nitrogens with zero attached hydrogens (tertiary/aromatic N) is 3. The van der Waals surface area contributed by atoms with Gasteiger partial charge in [0.25, 0.3) is 0 Å². The van der Waals surface area contributed by atoms with Gasteiger partial charge in [-0.15, -0.1) is 0 Å². The van der Waals surface area contributed by atoms with Gasteiger partial charge < -0.3 is 15.5 Å². The first-order valence-electron chi connectivity index (χ1n) is 8.84. The summed E-state index contributed by atoms with van der Waals surface area (Å²) < 4.78 is 0. The summed E-state index contributed by atoms with van der Waals surface area (Å²) in [5.41, 5.74) is 6.51. The van der Waals surface area contributed by atoms with Crippen LogP contribution in [0.15, 0.2) is 0 Å². The van der Waals surface area contributed by atoms with Gasteiger partial charge in [-0.3, -0.25) is 4.90 Å². The average Bonchev–Trinajstić information content (AvgIpc) is 2.70. The molecule has 2 aliphatic heterocycles. The highest BCUT2D eigenvalue weighted by Crippen LogP contribution is 2.31. The van der Waals surface area contributed by atoms with Gasteiger partial charge >= 0.3 is 0 Å². The number of likely N-dealkylation sites (N-methyl/N-ethyl adjacent to an activating group) is 2. The summed E-state index contributed by atoms with van der Waals surface area (Å²) in [5, 5.41) is 0. The molecule has 0 bridgehead atoms. The molecule has 0 aromatic rings. The van der Waals surface area contributed by atoms with Crippen molar-refractivity contribution in [2.75, 3.05) is 46.8 Å². The molecule has 2 N–H and O–H groups in total. The third kappa shape index (κ3) is 3.98. The molecule has 21 heavy (non-hydrogen) atoms. The molecule has 0 saturated carbocycles. The van der Waals surface area contributed by atoms with Crippen LogP contribution in [0.4, 0.5) is 0 Å². The van der Waals surface area contributed by atoms with Crippen LogP contribution in [0.5, 0.6) is 0 Å². The SMILES string of the molecule is CC(C)N1CCCC(CN)(N(C)C2CCCN(C)C2)CC1. The predicted molar refractivity (Wildman–Crippen MR) is 90.6 cm³/mol. The normalized spacial score (nSPS) is 33.6. The van der Waals surface area contributed by atoms with E-state index >= 15 is 0 Å². The maximum absolute atomic E-state index is 6.30. The summed E-state index contributed by atoms with van der Waals surface area (Å²) in [7, 11) is 4.59. The molecule has 4 heteroatoms. The lowest BCUT2D eigenvalue weighted by molar-refractivity contribution is 0.0279. The minimum Gasteiger partial charge on any atom is -0.329 e. The molecule has 2 aliphatic rings. The van der Waals surface area contributed by atoms with Crippen molar-refractivity contribution in [3.05, 3.63) is 0 Å². The Morgan fingerprint density at radius 3 is 2.57 bits per heavy atom. The Bertz CT molecular complexity index is 320. The van der Waals surface area contributed by atoms with Crippen LogP contribution >= 0.6 is 0 Å². The third-order valence-electron chi connectivity index (χ3n) is 5.96. The number of hydrogen-bond acceptors (Lipinski definition) is 4. The summed E-state index contributed by atoms with van der Waals surface area (Å²) in [6.07, 6.45) is 6.41. The molecular formula is C17H36N4. The van der Waals surface area contributed by atoms with Crippen LogP contribution in [-0.4, -0.2) is 79.1 Å². The number of hydrogen-bond donors (Lipinski definition) is 1. The molecule has 2 atom stereocenters. The lowest BCUT2D eigenvalue weighted by atomic mass is 9.86. The van der Waals surface area contributed by atoms with Crippen molar-refractivity contribution in [3.8, 4) is 0 Å². The Kier molecular flexibility index (Phi) is 6.06. The Balaban J connectivity index is 2.05. The van der Waals surface area contributed by atoms with Gasteiger partial charge in [0.05, 0.1) is 0 Å². The quantitative estimate of drug-likeness (QED) is 0.855. The van der Waals surface area contributed by atoms with E-state index < -0.39 is 0 Å². The lowest BCUT2D eigenvalue weighted by Crippen LogP contribution is -2.59. The van der Waals surface area contributed by atoms with Crippen LogP contribution in [0.25, 0.3) is 0 Å². The first kappa shape index (κ1) is 17.2. The fraction of sp³-hybridized carbons (Fsp3) is 1.00. The van der Waals surface area contributed by atoms with Crippen LogP contribution in [0, 0.1) is 0 Å². The standard InChI is InChI=1S/C17H36N4/c1-15(2)21-11-6-8-17(14-18,9-12-21)20(4)16-7-5-10-19(3)13-16/h15-16H,5-14,18H2,1-4H3. The second-order valence-corrected chi connectivity index (χ2v) is 7.58. The van der Waals surface area contributed by atoms with E-state index in [0.29, 0.717) is 12.1 Å². The average molecular weight is 297 g/mol. The van der Waals surface area contributed by atoms with Crippen LogP contribution < -0.4 is 5.73 Å². The first-order chi connectivity index (χ1) is 9.98. The maximum atomic E-state index is 6.30. The van der Waals surface area contributed by atoms with Crippen LogP contribution in [0.1, 0.15) is 46.0 Å². The molecule has 4 nitrogen and oxygen atoms in total. The highest BCUT2D eigenvalue weighted by Gasteiger charge is 2.39. The molecule has 2 heterocycles. The van der Waals surface area contributed by atoms with Crippen molar-refractivity contribution in [2.24, 2.45) is 5.73 Å². The van der Waals surface area contributed by atoms with Crippen molar-refractivity contribution in [2.45, 2.75) is 63.6 Å². The molecule has 0 aromatic heterocycles. The van der Waals surface area contributed by atoms with Crippen molar-refractivity contribution in [3.63, 3.8) is 0 Å². The first-order valence-corrected chi connectivity index (χ1v) is 8.84. The van der Waals surface area contributed by atoms with Gasteiger partial charge in [-0.2, -0.15) is 0 Å². The van der Waals surface area contributed by atoms with E-state index in [1.54, 1.807) is 0 Å². The second-order valence-electron chi connectivity index (χ2n) is 7.58. The smallest absolute Gasteiger partial charge is 0.0344 e. The van der Waals surface area contributed by atoms with Gasteiger partial charge in [-0.05, 0) is 73.1 Å². The van der Waals surface area contributed by atoms with Gasteiger partial charge in [0.1, 0.15) is 0 Å². The highest BCUT2D eigenvalue weighted by atomic mass is 15.3. The Labute approximate surface area is 131 Å². The fourth-order valence-electron chi connectivity index (χ4n) is 4.26. The van der Waals surface area contributed by atoms with E-state index in [1.807, 2.05) is 0 Å². The van der Waals surface area contributed by atoms with Crippen molar-refractivity contribution in [1.29, 1.82) is 0 Å². The van der Waals surface area contributed by atoms with Crippen LogP contribution in [0.2, 0.25) is 0 Å². The Hall–Kier alpha value is -0.160. The molecule has 2 saturated heterocycles. The van der Waals surface area contributed by atoms with E-state index in [2.05, 4.69) is 42.6 Å². The molecule has 124 valence electrons. The van der Waals surface area contributed by atoms with Crippen molar-refractivity contribution in [1.82, 2.24) is 14.7 Å².